The Morgan fingerprint density at radius 2 is 2.20 bits per heavy atom. The SMILES string of the molecule is Oc1cccc2oc3c(c12)=CC(=S)CC=3. The summed E-state index contributed by atoms with van der Waals surface area (Å²) in [6.45, 7) is 0. The number of phenols is 1. The molecular weight excluding hydrogens is 208 g/mol. The zero-order valence-corrected chi connectivity index (χ0v) is 8.67. The Kier molecular flexibility index (Phi) is 1.70. The van der Waals surface area contributed by atoms with E-state index in [9.17, 15) is 5.11 Å². The first-order chi connectivity index (χ1) is 7.25. The number of aromatic hydroxyl groups is 1. The number of fused-ring (bicyclic) bond motifs is 3. The number of phenolic OH excluding ortho intramolecular Hbond substituents is 1. The molecule has 0 bridgehead atoms. The quantitative estimate of drug-likeness (QED) is 0.677. The lowest BCUT2D eigenvalue weighted by Gasteiger charge is -1.95. The minimum absolute atomic E-state index is 0.242. The van der Waals surface area contributed by atoms with Crippen molar-refractivity contribution in [2.24, 2.45) is 0 Å². The maximum absolute atomic E-state index is 9.77. The monoisotopic (exact) mass is 216 g/mol. The summed E-state index contributed by atoms with van der Waals surface area (Å²) in [6, 6.07) is 5.27. The van der Waals surface area contributed by atoms with E-state index in [1.54, 1.807) is 12.1 Å². The standard InChI is InChI=1S/C12H8O2S/c13-9-2-1-3-11-12(9)8-6-7(15)4-5-10(8)14-11/h1-3,5-6,13H,4H2. The van der Waals surface area contributed by atoms with E-state index in [2.05, 4.69) is 0 Å². The van der Waals surface area contributed by atoms with Crippen molar-refractivity contribution in [2.45, 2.75) is 6.42 Å². The van der Waals surface area contributed by atoms with E-state index in [1.807, 2.05) is 18.2 Å². The van der Waals surface area contributed by atoms with Crippen molar-refractivity contribution in [2.75, 3.05) is 0 Å². The van der Waals surface area contributed by atoms with Gasteiger partial charge >= 0.3 is 0 Å². The van der Waals surface area contributed by atoms with E-state index >= 15 is 0 Å². The van der Waals surface area contributed by atoms with Gasteiger partial charge in [-0.3, -0.25) is 0 Å². The normalized spacial score (nSPS) is 14.5. The van der Waals surface area contributed by atoms with Crippen molar-refractivity contribution in [1.82, 2.24) is 0 Å². The van der Waals surface area contributed by atoms with Crippen LogP contribution in [0.1, 0.15) is 6.42 Å². The fourth-order valence-corrected chi connectivity index (χ4v) is 2.08. The van der Waals surface area contributed by atoms with Crippen LogP contribution in [0.3, 0.4) is 0 Å². The Morgan fingerprint density at radius 1 is 1.33 bits per heavy atom. The molecule has 2 aromatic rings. The number of rotatable bonds is 0. The van der Waals surface area contributed by atoms with Gasteiger partial charge in [0, 0.05) is 16.5 Å². The maximum Gasteiger partial charge on any atom is 0.139 e. The number of benzene rings is 1. The Labute approximate surface area is 91.1 Å². The highest BCUT2D eigenvalue weighted by atomic mass is 32.1. The minimum Gasteiger partial charge on any atom is -0.507 e. The molecule has 2 nitrogen and oxygen atoms in total. The first-order valence-corrected chi connectivity index (χ1v) is 5.12. The Hall–Kier alpha value is -1.61. The molecule has 0 spiro atoms. The third-order valence-electron chi connectivity index (χ3n) is 2.55. The highest BCUT2D eigenvalue weighted by Crippen LogP contribution is 2.20. The number of furan rings is 1. The molecule has 0 unspecified atom stereocenters. The summed E-state index contributed by atoms with van der Waals surface area (Å²) in [5, 5.41) is 11.4. The molecule has 1 aliphatic rings. The molecule has 74 valence electrons. The Balaban J connectivity index is 2.62. The molecule has 0 radical (unpaired) electrons. The van der Waals surface area contributed by atoms with Gasteiger partial charge in [0.05, 0.1) is 5.39 Å². The lowest BCUT2D eigenvalue weighted by molar-refractivity contribution is 0.481. The average molecular weight is 216 g/mol. The van der Waals surface area contributed by atoms with Crippen molar-refractivity contribution in [3.8, 4) is 5.75 Å². The van der Waals surface area contributed by atoms with Crippen LogP contribution in [-0.4, -0.2) is 9.97 Å². The van der Waals surface area contributed by atoms with Crippen molar-refractivity contribution >= 4 is 40.2 Å². The summed E-state index contributed by atoms with van der Waals surface area (Å²) >= 11 is 5.14. The number of thiocarbonyl (C=S) groups is 1. The van der Waals surface area contributed by atoms with Crippen molar-refractivity contribution in [1.29, 1.82) is 0 Å². The Morgan fingerprint density at radius 3 is 3.07 bits per heavy atom. The summed E-state index contributed by atoms with van der Waals surface area (Å²) in [5.74, 6) is 0.242. The van der Waals surface area contributed by atoms with Gasteiger partial charge in [-0.1, -0.05) is 18.3 Å². The Bertz CT molecular complexity index is 679. The van der Waals surface area contributed by atoms with Crippen LogP contribution < -0.4 is 10.6 Å². The fraction of sp³-hybridized carbons (Fsp3) is 0.0833. The molecule has 1 heterocycles. The summed E-state index contributed by atoms with van der Waals surface area (Å²) in [5.41, 5.74) is 1.51. The second kappa shape index (κ2) is 2.94. The van der Waals surface area contributed by atoms with Crippen LogP contribution in [0.4, 0.5) is 0 Å². The van der Waals surface area contributed by atoms with Gasteiger partial charge in [-0.05, 0) is 24.3 Å². The maximum atomic E-state index is 9.77. The van der Waals surface area contributed by atoms with Crippen LogP contribution in [0.2, 0.25) is 0 Å². The highest BCUT2D eigenvalue weighted by Gasteiger charge is 2.10. The molecule has 1 N–H and O–H groups in total. The predicted molar refractivity (Wildman–Crippen MR) is 63.3 cm³/mol. The minimum atomic E-state index is 0.242. The molecule has 3 rings (SSSR count). The molecule has 0 saturated heterocycles. The van der Waals surface area contributed by atoms with E-state index < -0.39 is 0 Å². The molecule has 0 aliphatic heterocycles. The first-order valence-electron chi connectivity index (χ1n) is 4.71. The van der Waals surface area contributed by atoms with Gasteiger partial charge < -0.3 is 9.52 Å². The second-order valence-corrected chi connectivity index (χ2v) is 4.07. The molecular formula is C12H8O2S. The number of hydrogen-bond acceptors (Lipinski definition) is 3. The smallest absolute Gasteiger partial charge is 0.139 e. The van der Waals surface area contributed by atoms with Crippen molar-refractivity contribution in [3.05, 3.63) is 28.8 Å². The van der Waals surface area contributed by atoms with E-state index in [0.717, 1.165) is 27.3 Å². The zero-order valence-electron chi connectivity index (χ0n) is 7.86. The van der Waals surface area contributed by atoms with E-state index in [0.29, 0.717) is 5.58 Å². The third-order valence-corrected chi connectivity index (χ3v) is 2.84. The molecule has 0 saturated carbocycles. The van der Waals surface area contributed by atoms with E-state index in [1.165, 1.54) is 0 Å². The van der Waals surface area contributed by atoms with Crippen LogP contribution in [0.25, 0.3) is 23.1 Å². The zero-order chi connectivity index (χ0) is 10.4. The molecule has 1 aliphatic carbocycles. The van der Waals surface area contributed by atoms with Crippen LogP contribution in [-0.2, 0) is 0 Å². The van der Waals surface area contributed by atoms with Gasteiger partial charge in [-0.25, -0.2) is 0 Å². The highest BCUT2D eigenvalue weighted by molar-refractivity contribution is 7.81. The van der Waals surface area contributed by atoms with Gasteiger partial charge in [0.25, 0.3) is 0 Å². The van der Waals surface area contributed by atoms with Gasteiger partial charge in [0.2, 0.25) is 0 Å². The summed E-state index contributed by atoms with van der Waals surface area (Å²) in [7, 11) is 0. The lowest BCUT2D eigenvalue weighted by Crippen LogP contribution is -2.24. The van der Waals surface area contributed by atoms with Crippen LogP contribution in [0.5, 0.6) is 5.75 Å². The predicted octanol–water partition coefficient (Wildman–Crippen LogP) is 1.47. The molecule has 0 amide bonds. The van der Waals surface area contributed by atoms with Crippen LogP contribution in [0, 0.1) is 0 Å². The van der Waals surface area contributed by atoms with E-state index in [4.69, 9.17) is 16.6 Å². The summed E-state index contributed by atoms with van der Waals surface area (Å²) in [4.78, 5) is 0.869. The first kappa shape index (κ1) is 8.68. The van der Waals surface area contributed by atoms with Crippen LogP contribution >= 0.6 is 12.2 Å². The fourth-order valence-electron chi connectivity index (χ4n) is 1.88. The van der Waals surface area contributed by atoms with Gasteiger partial charge in [0.1, 0.15) is 16.7 Å². The van der Waals surface area contributed by atoms with Gasteiger partial charge in [-0.15, -0.1) is 0 Å². The summed E-state index contributed by atoms with van der Waals surface area (Å²) < 4.78 is 5.61. The molecule has 1 aromatic heterocycles. The largest absolute Gasteiger partial charge is 0.507 e. The average Bonchev–Trinajstić information content (AvgIpc) is 2.57. The van der Waals surface area contributed by atoms with Crippen molar-refractivity contribution in [3.63, 3.8) is 0 Å². The molecule has 3 heteroatoms. The second-order valence-electron chi connectivity index (χ2n) is 3.55. The summed E-state index contributed by atoms with van der Waals surface area (Å²) in [6.07, 6.45) is 4.59. The lowest BCUT2D eigenvalue weighted by atomic mass is 10.1. The number of hydrogen-bond donors (Lipinski definition) is 1. The third kappa shape index (κ3) is 1.20. The molecule has 0 fully saturated rings. The molecule has 15 heavy (non-hydrogen) atoms. The topological polar surface area (TPSA) is 33.4 Å². The van der Waals surface area contributed by atoms with E-state index in [-0.39, 0.29) is 5.75 Å². The molecule has 0 atom stereocenters. The van der Waals surface area contributed by atoms with Crippen LogP contribution in [0.15, 0.2) is 22.6 Å². The van der Waals surface area contributed by atoms with Gasteiger partial charge in [0.15, 0.2) is 0 Å². The molecule has 1 aromatic carbocycles. The van der Waals surface area contributed by atoms with Gasteiger partial charge in [-0.2, -0.15) is 0 Å². The van der Waals surface area contributed by atoms with Crippen molar-refractivity contribution < 1.29 is 9.52 Å².